The average Bonchev–Trinajstić information content (AvgIpc) is 2.55. The van der Waals surface area contributed by atoms with Gasteiger partial charge in [-0.25, -0.2) is 4.79 Å². The zero-order valence-corrected chi connectivity index (χ0v) is 14.1. The van der Waals surface area contributed by atoms with Crippen LogP contribution in [0.5, 0.6) is 5.75 Å². The topological polar surface area (TPSA) is 75.6 Å². The van der Waals surface area contributed by atoms with Crippen LogP contribution in [0.1, 0.15) is 38.1 Å². The van der Waals surface area contributed by atoms with Gasteiger partial charge in [0.2, 0.25) is 5.91 Å². The van der Waals surface area contributed by atoms with Gasteiger partial charge in [-0.1, -0.05) is 33.8 Å². The summed E-state index contributed by atoms with van der Waals surface area (Å²) in [7, 11) is 1.28. The summed E-state index contributed by atoms with van der Waals surface area (Å²) in [5.74, 6) is -0.793. The minimum Gasteiger partial charge on any atom is -0.508 e. The monoisotopic (exact) mass is 317 g/mol. The Kier molecular flexibility index (Phi) is 6.57. The molecule has 0 aromatic heterocycles. The van der Waals surface area contributed by atoms with Crippen LogP contribution in [0.15, 0.2) is 30.3 Å². The summed E-state index contributed by atoms with van der Waals surface area (Å²) in [6, 6.07) is 8.06. The van der Waals surface area contributed by atoms with Gasteiger partial charge in [0, 0.05) is 11.6 Å². The van der Waals surface area contributed by atoms with E-state index in [1.54, 1.807) is 38.1 Å². The van der Waals surface area contributed by atoms with Gasteiger partial charge in [0.05, 0.1) is 12.7 Å². The maximum atomic E-state index is 11.8. The van der Waals surface area contributed by atoms with Gasteiger partial charge in [-0.3, -0.25) is 4.79 Å². The molecular weight excluding hydrogens is 294 g/mol. The fraction of sp³-hybridized carbons (Fsp3) is 0.333. The van der Waals surface area contributed by atoms with E-state index in [9.17, 15) is 14.7 Å². The van der Waals surface area contributed by atoms with E-state index < -0.39 is 5.97 Å². The van der Waals surface area contributed by atoms with Crippen molar-refractivity contribution < 1.29 is 19.4 Å². The lowest BCUT2D eigenvalue weighted by Crippen LogP contribution is -2.17. The van der Waals surface area contributed by atoms with Crippen LogP contribution in [-0.4, -0.2) is 24.1 Å². The van der Waals surface area contributed by atoms with Crippen molar-refractivity contribution in [1.29, 1.82) is 0 Å². The highest BCUT2D eigenvalue weighted by Crippen LogP contribution is 2.28. The van der Waals surface area contributed by atoms with Crippen molar-refractivity contribution in [2.45, 2.75) is 27.7 Å². The number of anilines is 1. The second-order valence-corrected chi connectivity index (χ2v) is 5.06. The molecule has 0 aliphatic rings. The lowest BCUT2D eigenvalue weighted by atomic mass is 10.0. The lowest BCUT2D eigenvalue weighted by molar-refractivity contribution is -0.118. The maximum Gasteiger partial charge on any atom is 0.338 e. The van der Waals surface area contributed by atoms with Gasteiger partial charge >= 0.3 is 5.97 Å². The molecule has 2 rings (SSSR count). The Balaban J connectivity index is 0.00000127. The van der Waals surface area contributed by atoms with Gasteiger partial charge < -0.3 is 15.2 Å². The quantitative estimate of drug-likeness (QED) is 0.840. The van der Waals surface area contributed by atoms with E-state index in [0.29, 0.717) is 16.5 Å². The molecule has 0 spiro atoms. The largest absolute Gasteiger partial charge is 0.508 e. The minimum atomic E-state index is -0.539. The molecule has 5 nitrogen and oxygen atoms in total. The van der Waals surface area contributed by atoms with E-state index in [-0.39, 0.29) is 23.1 Å². The predicted octanol–water partition coefficient (Wildman–Crippen LogP) is 3.95. The number of phenolic OH excluding ortho intramolecular Hbond substituents is 1. The third-order valence-corrected chi connectivity index (χ3v) is 3.14. The number of ether oxygens (including phenoxy) is 1. The summed E-state index contributed by atoms with van der Waals surface area (Å²) in [5, 5.41) is 13.7. The Morgan fingerprint density at radius 3 is 2.35 bits per heavy atom. The van der Waals surface area contributed by atoms with Gasteiger partial charge in [-0.2, -0.15) is 0 Å². The molecule has 23 heavy (non-hydrogen) atoms. The van der Waals surface area contributed by atoms with Crippen molar-refractivity contribution in [3.63, 3.8) is 0 Å². The first-order valence-corrected chi connectivity index (χ1v) is 7.58. The minimum absolute atomic E-state index is 0.0122. The fourth-order valence-corrected chi connectivity index (χ4v) is 1.99. The highest BCUT2D eigenvalue weighted by molar-refractivity contribution is 6.07. The standard InChI is InChI=1S/C16H17NO4.C2H6/c1-9(2)15(19)17-11-5-4-10-6-12(18)8-14(13(10)7-11)16(20)21-3;1-2/h4-9,18H,1-3H3,(H,17,19);1-2H3. The van der Waals surface area contributed by atoms with Crippen molar-refractivity contribution in [3.05, 3.63) is 35.9 Å². The molecule has 1 amide bonds. The highest BCUT2D eigenvalue weighted by Gasteiger charge is 2.14. The smallest absolute Gasteiger partial charge is 0.338 e. The zero-order valence-electron chi connectivity index (χ0n) is 14.1. The van der Waals surface area contributed by atoms with Gasteiger partial charge in [-0.05, 0) is 35.0 Å². The number of phenols is 1. The first kappa shape index (κ1) is 18.5. The Labute approximate surface area is 136 Å². The van der Waals surface area contributed by atoms with Crippen LogP contribution in [0.2, 0.25) is 0 Å². The highest BCUT2D eigenvalue weighted by atomic mass is 16.5. The molecule has 0 aliphatic carbocycles. The van der Waals surface area contributed by atoms with E-state index in [1.807, 2.05) is 13.8 Å². The molecule has 2 aromatic rings. The Morgan fingerprint density at radius 2 is 1.78 bits per heavy atom. The molecule has 0 saturated heterocycles. The molecule has 5 heteroatoms. The Bertz CT molecular complexity index is 707. The molecule has 0 bridgehead atoms. The number of hydrogen-bond donors (Lipinski definition) is 2. The third kappa shape index (κ3) is 4.45. The predicted molar refractivity (Wildman–Crippen MR) is 91.8 cm³/mol. The average molecular weight is 317 g/mol. The summed E-state index contributed by atoms with van der Waals surface area (Å²) in [4.78, 5) is 23.5. The molecule has 2 N–H and O–H groups in total. The van der Waals surface area contributed by atoms with E-state index in [1.165, 1.54) is 13.2 Å². The van der Waals surface area contributed by atoms with Gasteiger partial charge in [0.25, 0.3) is 0 Å². The molecule has 0 atom stereocenters. The van der Waals surface area contributed by atoms with Crippen molar-refractivity contribution in [3.8, 4) is 5.75 Å². The van der Waals surface area contributed by atoms with Crippen LogP contribution in [0, 0.1) is 5.92 Å². The number of carbonyl (C=O) groups is 2. The number of methoxy groups -OCH3 is 1. The van der Waals surface area contributed by atoms with Crippen molar-refractivity contribution >= 4 is 28.3 Å². The lowest BCUT2D eigenvalue weighted by Gasteiger charge is -2.11. The number of carbonyl (C=O) groups excluding carboxylic acids is 2. The second kappa shape index (κ2) is 8.17. The van der Waals surface area contributed by atoms with E-state index in [2.05, 4.69) is 5.32 Å². The molecule has 0 unspecified atom stereocenters. The maximum absolute atomic E-state index is 11.8. The van der Waals surface area contributed by atoms with Crippen molar-refractivity contribution in [1.82, 2.24) is 0 Å². The van der Waals surface area contributed by atoms with E-state index in [4.69, 9.17) is 4.74 Å². The molecule has 124 valence electrons. The molecule has 0 radical (unpaired) electrons. The Morgan fingerprint density at radius 1 is 1.13 bits per heavy atom. The molecule has 0 heterocycles. The summed E-state index contributed by atoms with van der Waals surface area (Å²) in [6.45, 7) is 7.60. The zero-order chi connectivity index (χ0) is 17.6. The van der Waals surface area contributed by atoms with Crippen LogP contribution in [0.25, 0.3) is 10.8 Å². The number of amides is 1. The number of aromatic hydroxyl groups is 1. The van der Waals surface area contributed by atoms with Gasteiger partial charge in [-0.15, -0.1) is 0 Å². The number of fused-ring (bicyclic) bond motifs is 1. The third-order valence-electron chi connectivity index (χ3n) is 3.14. The summed E-state index contributed by atoms with van der Waals surface area (Å²) >= 11 is 0. The molecule has 0 saturated carbocycles. The van der Waals surface area contributed by atoms with Crippen molar-refractivity contribution in [2.24, 2.45) is 5.92 Å². The summed E-state index contributed by atoms with van der Waals surface area (Å²) in [6.07, 6.45) is 0. The number of nitrogens with one attached hydrogen (secondary N) is 1. The second-order valence-electron chi connectivity index (χ2n) is 5.06. The van der Waals surface area contributed by atoms with Crippen molar-refractivity contribution in [2.75, 3.05) is 12.4 Å². The first-order chi connectivity index (χ1) is 10.9. The van der Waals surface area contributed by atoms with Crippen LogP contribution < -0.4 is 5.32 Å². The van der Waals surface area contributed by atoms with Gasteiger partial charge in [0.1, 0.15) is 5.75 Å². The summed E-state index contributed by atoms with van der Waals surface area (Å²) in [5.41, 5.74) is 0.852. The molecule has 2 aromatic carbocycles. The van der Waals surface area contributed by atoms with E-state index >= 15 is 0 Å². The number of rotatable bonds is 3. The van der Waals surface area contributed by atoms with Gasteiger partial charge in [0.15, 0.2) is 0 Å². The molecule has 0 aliphatic heterocycles. The van der Waals surface area contributed by atoms with Crippen LogP contribution in [0.3, 0.4) is 0 Å². The Hall–Kier alpha value is -2.56. The van der Waals surface area contributed by atoms with Crippen LogP contribution in [0.4, 0.5) is 5.69 Å². The normalized spacial score (nSPS) is 10.0. The number of benzene rings is 2. The summed E-state index contributed by atoms with van der Waals surface area (Å²) < 4.78 is 4.72. The van der Waals surface area contributed by atoms with Crippen LogP contribution in [-0.2, 0) is 9.53 Å². The molecule has 0 fully saturated rings. The van der Waals surface area contributed by atoms with E-state index in [0.717, 1.165) is 0 Å². The fourth-order valence-electron chi connectivity index (χ4n) is 1.99. The number of esters is 1. The number of hydrogen-bond acceptors (Lipinski definition) is 4. The van der Waals surface area contributed by atoms with Crippen LogP contribution >= 0.6 is 0 Å². The SMILES string of the molecule is CC.COC(=O)c1cc(O)cc2ccc(NC(=O)C(C)C)cc12. The first-order valence-electron chi connectivity index (χ1n) is 7.58. The molecular formula is C18H23NO4.